The largest absolute Gasteiger partial charge is 0.366 e. The third kappa shape index (κ3) is 5.90. The van der Waals surface area contributed by atoms with Gasteiger partial charge in [0.1, 0.15) is 11.6 Å². The highest BCUT2D eigenvalue weighted by Crippen LogP contribution is 2.23. The van der Waals surface area contributed by atoms with Crippen LogP contribution in [0.5, 0.6) is 0 Å². The number of rotatable bonds is 8. The number of anilines is 1. The molecule has 172 valence electrons. The Balaban J connectivity index is 1.77. The standard InChI is InChI=1S/C23H29FN4O2S2/c1-16-9-19(32(29,30)14-18-13-31-15-27-18)10-25-22(16)26-11-20-17(7-6-8-21(20)24)12-28(5)23(2,3)4/h6-10,13,15H,11-12,14H2,1-5H3,(H,25,26). The van der Waals surface area contributed by atoms with Gasteiger partial charge in [-0.2, -0.15) is 0 Å². The maximum absolute atomic E-state index is 14.6. The number of thiazole rings is 1. The van der Waals surface area contributed by atoms with Gasteiger partial charge in [0.25, 0.3) is 0 Å². The van der Waals surface area contributed by atoms with Gasteiger partial charge < -0.3 is 5.32 Å². The molecule has 0 unspecified atom stereocenters. The molecule has 0 amide bonds. The molecule has 3 rings (SSSR count). The Bertz CT molecular complexity index is 1170. The van der Waals surface area contributed by atoms with Crippen LogP contribution in [-0.4, -0.2) is 35.9 Å². The third-order valence-electron chi connectivity index (χ3n) is 5.43. The first-order chi connectivity index (χ1) is 15.0. The van der Waals surface area contributed by atoms with Crippen molar-refractivity contribution in [3.05, 3.63) is 69.6 Å². The molecule has 0 bridgehead atoms. The lowest BCUT2D eigenvalue weighted by Gasteiger charge is -2.32. The Labute approximate surface area is 193 Å². The monoisotopic (exact) mass is 476 g/mol. The maximum atomic E-state index is 14.6. The van der Waals surface area contributed by atoms with E-state index in [2.05, 4.69) is 41.0 Å². The Morgan fingerprint density at radius 2 is 1.97 bits per heavy atom. The summed E-state index contributed by atoms with van der Waals surface area (Å²) < 4.78 is 40.0. The van der Waals surface area contributed by atoms with Gasteiger partial charge in [0.2, 0.25) is 0 Å². The molecular weight excluding hydrogens is 447 g/mol. The van der Waals surface area contributed by atoms with E-state index in [-0.39, 0.29) is 28.5 Å². The number of aryl methyl sites for hydroxylation is 1. The van der Waals surface area contributed by atoms with Gasteiger partial charge in [-0.05, 0) is 58.0 Å². The van der Waals surface area contributed by atoms with Crippen LogP contribution in [0.1, 0.15) is 43.2 Å². The van der Waals surface area contributed by atoms with Gasteiger partial charge in [-0.15, -0.1) is 11.3 Å². The highest BCUT2D eigenvalue weighted by atomic mass is 32.2. The Kier molecular flexibility index (Phi) is 7.32. The van der Waals surface area contributed by atoms with Crippen molar-refractivity contribution >= 4 is 27.0 Å². The minimum absolute atomic E-state index is 0.0466. The zero-order chi connectivity index (χ0) is 23.5. The Morgan fingerprint density at radius 3 is 2.59 bits per heavy atom. The molecular formula is C23H29FN4O2S2. The normalized spacial score (nSPS) is 12.3. The average molecular weight is 477 g/mol. The van der Waals surface area contributed by atoms with Gasteiger partial charge >= 0.3 is 0 Å². The van der Waals surface area contributed by atoms with Crippen LogP contribution in [-0.2, 0) is 28.7 Å². The van der Waals surface area contributed by atoms with E-state index >= 15 is 0 Å². The highest BCUT2D eigenvalue weighted by molar-refractivity contribution is 7.90. The number of sulfone groups is 1. The smallest absolute Gasteiger partial charge is 0.185 e. The molecule has 32 heavy (non-hydrogen) atoms. The lowest BCUT2D eigenvalue weighted by atomic mass is 10.0. The number of halogens is 1. The molecule has 2 aromatic heterocycles. The van der Waals surface area contributed by atoms with E-state index in [0.29, 0.717) is 29.2 Å². The van der Waals surface area contributed by atoms with Crippen LogP contribution < -0.4 is 5.32 Å². The zero-order valence-electron chi connectivity index (χ0n) is 19.0. The predicted molar refractivity (Wildman–Crippen MR) is 127 cm³/mol. The lowest BCUT2D eigenvalue weighted by molar-refractivity contribution is 0.167. The highest BCUT2D eigenvalue weighted by Gasteiger charge is 2.20. The summed E-state index contributed by atoms with van der Waals surface area (Å²) in [5.41, 5.74) is 4.23. The van der Waals surface area contributed by atoms with Crippen LogP contribution in [0.4, 0.5) is 10.2 Å². The van der Waals surface area contributed by atoms with Crippen molar-refractivity contribution < 1.29 is 12.8 Å². The fourth-order valence-electron chi connectivity index (χ4n) is 3.11. The minimum atomic E-state index is -3.54. The van der Waals surface area contributed by atoms with Gasteiger partial charge in [-0.1, -0.05) is 12.1 Å². The summed E-state index contributed by atoms with van der Waals surface area (Å²) in [5, 5.41) is 4.89. The van der Waals surface area contributed by atoms with E-state index in [1.54, 1.807) is 29.9 Å². The van der Waals surface area contributed by atoms with Gasteiger partial charge in [-0.3, -0.25) is 4.90 Å². The van der Waals surface area contributed by atoms with Crippen molar-refractivity contribution in [3.8, 4) is 0 Å². The zero-order valence-corrected chi connectivity index (χ0v) is 20.6. The number of aromatic nitrogens is 2. The van der Waals surface area contributed by atoms with Crippen molar-refractivity contribution in [2.24, 2.45) is 0 Å². The molecule has 0 aliphatic carbocycles. The summed E-state index contributed by atoms with van der Waals surface area (Å²) in [6, 6.07) is 6.69. The quantitative estimate of drug-likeness (QED) is 0.503. The van der Waals surface area contributed by atoms with Crippen molar-refractivity contribution in [1.82, 2.24) is 14.9 Å². The maximum Gasteiger partial charge on any atom is 0.185 e. The topological polar surface area (TPSA) is 75.2 Å². The van der Waals surface area contributed by atoms with Crippen LogP contribution in [0, 0.1) is 12.7 Å². The number of hydrogen-bond donors (Lipinski definition) is 1. The van der Waals surface area contributed by atoms with Crippen molar-refractivity contribution in [2.45, 2.75) is 57.0 Å². The molecule has 1 aromatic carbocycles. The fraction of sp³-hybridized carbons (Fsp3) is 0.391. The molecule has 0 aliphatic rings. The predicted octanol–water partition coefficient (Wildman–Crippen LogP) is 4.80. The molecule has 0 aliphatic heterocycles. The first kappa shape index (κ1) is 24.3. The second-order valence-electron chi connectivity index (χ2n) is 8.83. The first-order valence-corrected chi connectivity index (χ1v) is 12.8. The first-order valence-electron chi connectivity index (χ1n) is 10.3. The lowest BCUT2D eigenvalue weighted by Crippen LogP contribution is -2.37. The summed E-state index contributed by atoms with van der Waals surface area (Å²) in [7, 11) is -1.53. The van der Waals surface area contributed by atoms with Crippen LogP contribution in [0.25, 0.3) is 0 Å². The second kappa shape index (κ2) is 9.64. The molecule has 0 atom stereocenters. The third-order valence-corrected chi connectivity index (χ3v) is 7.69. The number of nitrogens with zero attached hydrogens (tertiary/aromatic N) is 3. The van der Waals surface area contributed by atoms with E-state index in [0.717, 1.165) is 5.56 Å². The van der Waals surface area contributed by atoms with E-state index < -0.39 is 9.84 Å². The van der Waals surface area contributed by atoms with Crippen LogP contribution >= 0.6 is 11.3 Å². The number of nitrogens with one attached hydrogen (secondary N) is 1. The number of hydrogen-bond acceptors (Lipinski definition) is 7. The molecule has 0 fully saturated rings. The molecule has 6 nitrogen and oxygen atoms in total. The van der Waals surface area contributed by atoms with Crippen LogP contribution in [0.3, 0.4) is 0 Å². The number of pyridine rings is 1. The van der Waals surface area contributed by atoms with E-state index in [1.165, 1.54) is 23.6 Å². The van der Waals surface area contributed by atoms with E-state index in [1.807, 2.05) is 13.1 Å². The summed E-state index contributed by atoms with van der Waals surface area (Å²) in [5.74, 6) is 0.0815. The van der Waals surface area contributed by atoms with Gasteiger partial charge in [0.05, 0.1) is 21.9 Å². The molecule has 0 spiro atoms. The summed E-state index contributed by atoms with van der Waals surface area (Å²) in [6.07, 6.45) is 1.34. The Morgan fingerprint density at radius 1 is 1.22 bits per heavy atom. The van der Waals surface area contributed by atoms with Crippen molar-refractivity contribution in [1.29, 1.82) is 0 Å². The van der Waals surface area contributed by atoms with Gasteiger partial charge in [0, 0.05) is 35.8 Å². The van der Waals surface area contributed by atoms with Crippen molar-refractivity contribution in [2.75, 3.05) is 12.4 Å². The average Bonchev–Trinajstić information content (AvgIpc) is 3.20. The molecule has 0 radical (unpaired) electrons. The molecule has 2 heterocycles. The second-order valence-corrected chi connectivity index (χ2v) is 11.5. The number of benzene rings is 1. The Hall–Kier alpha value is -2.36. The van der Waals surface area contributed by atoms with Crippen LogP contribution in [0.2, 0.25) is 0 Å². The minimum Gasteiger partial charge on any atom is -0.366 e. The molecule has 9 heteroatoms. The molecule has 1 N–H and O–H groups in total. The molecule has 0 saturated carbocycles. The van der Waals surface area contributed by atoms with Crippen LogP contribution in [0.15, 0.2) is 46.2 Å². The van der Waals surface area contributed by atoms with Crippen molar-refractivity contribution in [3.63, 3.8) is 0 Å². The molecule has 0 saturated heterocycles. The summed E-state index contributed by atoms with van der Waals surface area (Å²) in [4.78, 5) is 10.7. The van der Waals surface area contributed by atoms with Gasteiger partial charge in [0.15, 0.2) is 9.84 Å². The van der Waals surface area contributed by atoms with Gasteiger partial charge in [-0.25, -0.2) is 22.8 Å². The van der Waals surface area contributed by atoms with E-state index in [9.17, 15) is 12.8 Å². The SMILES string of the molecule is Cc1cc(S(=O)(=O)Cc2cscn2)cnc1NCc1c(F)cccc1CN(C)C(C)(C)C. The van der Waals surface area contributed by atoms with E-state index in [4.69, 9.17) is 0 Å². The molecule has 3 aromatic rings. The summed E-state index contributed by atoms with van der Waals surface area (Å²) in [6.45, 7) is 8.98. The fourth-order valence-corrected chi connectivity index (χ4v) is 5.05. The summed E-state index contributed by atoms with van der Waals surface area (Å²) >= 11 is 1.36.